The average Bonchev–Trinajstić information content (AvgIpc) is 3.28. The first-order valence-electron chi connectivity index (χ1n) is 12.5. The maximum atomic E-state index is 11.0. The third kappa shape index (κ3) is 5.44. The Balaban J connectivity index is 1.23. The van der Waals surface area contributed by atoms with Crippen LogP contribution in [0.1, 0.15) is 41.8 Å². The highest BCUT2D eigenvalue weighted by molar-refractivity contribution is 5.77. The number of aliphatic carboxylic acids is 1. The van der Waals surface area contributed by atoms with Crippen LogP contribution in [0.15, 0.2) is 47.0 Å². The van der Waals surface area contributed by atoms with Crippen LogP contribution in [0, 0.1) is 6.92 Å². The molecule has 0 bridgehead atoms. The smallest absolute Gasteiger partial charge is 0.307 e. The normalized spacial score (nSPS) is 16.7. The van der Waals surface area contributed by atoms with E-state index in [1.807, 2.05) is 43.5 Å². The number of hydrogen-bond acceptors (Lipinski definition) is 7. The summed E-state index contributed by atoms with van der Waals surface area (Å²) in [4.78, 5) is 22.5. The van der Waals surface area contributed by atoms with Crippen LogP contribution in [0.3, 0.4) is 0 Å². The van der Waals surface area contributed by atoms with Gasteiger partial charge in [-0.05, 0) is 55.5 Å². The van der Waals surface area contributed by atoms with Crippen molar-refractivity contribution in [3.63, 3.8) is 0 Å². The van der Waals surface area contributed by atoms with Crippen molar-refractivity contribution in [2.45, 2.75) is 39.0 Å². The molecule has 8 heteroatoms. The zero-order valence-electron chi connectivity index (χ0n) is 20.5. The van der Waals surface area contributed by atoms with Crippen LogP contribution < -0.4 is 9.64 Å². The zero-order chi connectivity index (χ0) is 24.9. The first kappa shape index (κ1) is 24.1. The number of oxazole rings is 1. The predicted molar refractivity (Wildman–Crippen MR) is 136 cm³/mol. The maximum Gasteiger partial charge on any atom is 0.307 e. The van der Waals surface area contributed by atoms with Gasteiger partial charge in [0.2, 0.25) is 5.89 Å². The number of aryl methyl sites for hydroxylation is 1. The summed E-state index contributed by atoms with van der Waals surface area (Å²) in [6.45, 7) is 5.54. The number of pyridine rings is 1. The maximum absolute atomic E-state index is 11.0. The Kier molecular flexibility index (Phi) is 7.32. The van der Waals surface area contributed by atoms with Crippen molar-refractivity contribution in [3.05, 3.63) is 65.2 Å². The molecule has 3 heterocycles. The zero-order valence-corrected chi connectivity index (χ0v) is 20.5. The molecule has 0 saturated carbocycles. The molecule has 0 amide bonds. The van der Waals surface area contributed by atoms with E-state index in [2.05, 4.69) is 16.0 Å². The lowest BCUT2D eigenvalue weighted by molar-refractivity contribution is -0.136. The number of carboxylic acid groups (broad SMARTS) is 1. The SMILES string of the molecule is Cc1oc(-c2ccc(N3CCOCC3)nc2)nc1CCOc1cccc2c1CCC/C2=C/CC(=O)O. The molecule has 1 N–H and O–H groups in total. The molecule has 0 radical (unpaired) electrons. The summed E-state index contributed by atoms with van der Waals surface area (Å²) in [5, 5.41) is 9.04. The van der Waals surface area contributed by atoms with Crippen LogP contribution in [0.5, 0.6) is 5.75 Å². The minimum absolute atomic E-state index is 0.0408. The van der Waals surface area contributed by atoms with E-state index in [1.54, 1.807) is 0 Å². The molecule has 0 unspecified atom stereocenters. The first-order chi connectivity index (χ1) is 17.6. The Morgan fingerprint density at radius 1 is 1.19 bits per heavy atom. The molecule has 1 aliphatic carbocycles. The molecule has 0 spiro atoms. The van der Waals surface area contributed by atoms with Gasteiger partial charge in [0.15, 0.2) is 0 Å². The first-order valence-corrected chi connectivity index (χ1v) is 12.5. The lowest BCUT2D eigenvalue weighted by atomic mass is 9.86. The van der Waals surface area contributed by atoms with Gasteiger partial charge < -0.3 is 23.9 Å². The van der Waals surface area contributed by atoms with Crippen LogP contribution in [-0.2, 0) is 22.4 Å². The summed E-state index contributed by atoms with van der Waals surface area (Å²) in [5.41, 5.74) is 5.07. The number of carboxylic acids is 1. The molecule has 5 rings (SSSR count). The van der Waals surface area contributed by atoms with E-state index in [4.69, 9.17) is 24.0 Å². The van der Waals surface area contributed by atoms with Crippen LogP contribution in [0.2, 0.25) is 0 Å². The molecule has 2 aliphatic rings. The number of ether oxygens (including phenoxy) is 2. The molecular weight excluding hydrogens is 458 g/mol. The van der Waals surface area contributed by atoms with E-state index in [0.29, 0.717) is 18.9 Å². The average molecular weight is 490 g/mol. The molecule has 3 aromatic rings. The number of morpholine rings is 1. The Labute approximate surface area is 210 Å². The van der Waals surface area contributed by atoms with Crippen LogP contribution >= 0.6 is 0 Å². The number of allylic oxidation sites excluding steroid dienone is 1. The Morgan fingerprint density at radius 3 is 2.83 bits per heavy atom. The van der Waals surface area contributed by atoms with Crippen LogP contribution in [0.4, 0.5) is 5.82 Å². The molecule has 1 aliphatic heterocycles. The topological polar surface area (TPSA) is 97.9 Å². The second kappa shape index (κ2) is 11.0. The minimum Gasteiger partial charge on any atom is -0.493 e. The van der Waals surface area contributed by atoms with E-state index in [1.165, 1.54) is 0 Å². The van der Waals surface area contributed by atoms with E-state index < -0.39 is 5.97 Å². The lowest BCUT2D eigenvalue weighted by Gasteiger charge is -2.27. The molecule has 188 valence electrons. The summed E-state index contributed by atoms with van der Waals surface area (Å²) in [5.74, 6) is 2.32. The van der Waals surface area contributed by atoms with Crippen molar-refractivity contribution in [1.29, 1.82) is 0 Å². The summed E-state index contributed by atoms with van der Waals surface area (Å²) in [7, 11) is 0. The largest absolute Gasteiger partial charge is 0.493 e. The lowest BCUT2D eigenvalue weighted by Crippen LogP contribution is -2.36. The number of nitrogens with zero attached hydrogens (tertiary/aromatic N) is 3. The van der Waals surface area contributed by atoms with Crippen molar-refractivity contribution in [3.8, 4) is 17.2 Å². The van der Waals surface area contributed by atoms with Gasteiger partial charge in [-0.2, -0.15) is 0 Å². The highest BCUT2D eigenvalue weighted by Crippen LogP contribution is 2.36. The Morgan fingerprint density at radius 2 is 2.06 bits per heavy atom. The van der Waals surface area contributed by atoms with Gasteiger partial charge in [-0.3, -0.25) is 4.79 Å². The van der Waals surface area contributed by atoms with Gasteiger partial charge in [0, 0.05) is 31.3 Å². The second-order valence-corrected chi connectivity index (χ2v) is 9.09. The van der Waals surface area contributed by atoms with E-state index in [0.717, 1.165) is 90.9 Å². The highest BCUT2D eigenvalue weighted by Gasteiger charge is 2.19. The number of benzene rings is 1. The molecule has 8 nitrogen and oxygen atoms in total. The van der Waals surface area contributed by atoms with Gasteiger partial charge in [0.05, 0.1) is 37.5 Å². The number of fused-ring (bicyclic) bond motifs is 1. The van der Waals surface area contributed by atoms with E-state index in [-0.39, 0.29) is 6.42 Å². The quantitative estimate of drug-likeness (QED) is 0.486. The fourth-order valence-corrected chi connectivity index (χ4v) is 4.81. The predicted octanol–water partition coefficient (Wildman–Crippen LogP) is 4.70. The number of carbonyl (C=O) groups is 1. The monoisotopic (exact) mass is 489 g/mol. The van der Waals surface area contributed by atoms with E-state index >= 15 is 0 Å². The fraction of sp³-hybridized carbons (Fsp3) is 0.393. The molecule has 36 heavy (non-hydrogen) atoms. The summed E-state index contributed by atoms with van der Waals surface area (Å²) < 4.78 is 17.5. The van der Waals surface area contributed by atoms with Gasteiger partial charge in [-0.25, -0.2) is 9.97 Å². The fourth-order valence-electron chi connectivity index (χ4n) is 4.81. The van der Waals surface area contributed by atoms with Gasteiger partial charge in [0.1, 0.15) is 17.3 Å². The molecular formula is C28H31N3O5. The van der Waals surface area contributed by atoms with Gasteiger partial charge >= 0.3 is 5.97 Å². The van der Waals surface area contributed by atoms with Crippen molar-refractivity contribution < 1.29 is 23.8 Å². The van der Waals surface area contributed by atoms with Gasteiger partial charge in [-0.15, -0.1) is 0 Å². The Bertz CT molecular complexity index is 1240. The standard InChI is InChI=1S/C28H31N3O5/c1-19-24(30-28(36-19)21-8-10-26(29-18-21)31-13-16-34-17-14-31)12-15-35-25-7-3-5-22-20(9-11-27(32)33)4-2-6-23(22)25/h3,5,7-10,18H,2,4,6,11-17H2,1H3,(H,32,33)/b20-9-. The Hall–Kier alpha value is -3.65. The highest BCUT2D eigenvalue weighted by atomic mass is 16.5. The minimum atomic E-state index is -0.812. The number of hydrogen-bond donors (Lipinski definition) is 1. The molecule has 1 fully saturated rings. The third-order valence-corrected chi connectivity index (χ3v) is 6.69. The van der Waals surface area contributed by atoms with Gasteiger partial charge in [0.25, 0.3) is 0 Å². The van der Waals surface area contributed by atoms with Crippen LogP contribution in [0.25, 0.3) is 17.0 Å². The summed E-state index contributed by atoms with van der Waals surface area (Å²) in [6.07, 6.45) is 7.11. The van der Waals surface area contributed by atoms with Crippen molar-refractivity contribution in [1.82, 2.24) is 9.97 Å². The molecule has 1 aromatic carbocycles. The second-order valence-electron chi connectivity index (χ2n) is 9.09. The van der Waals surface area contributed by atoms with Crippen LogP contribution in [-0.4, -0.2) is 54.0 Å². The third-order valence-electron chi connectivity index (χ3n) is 6.69. The van der Waals surface area contributed by atoms with Crippen molar-refractivity contribution >= 4 is 17.4 Å². The summed E-state index contributed by atoms with van der Waals surface area (Å²) >= 11 is 0. The molecule has 2 aromatic heterocycles. The number of aromatic nitrogens is 2. The summed E-state index contributed by atoms with van der Waals surface area (Å²) in [6, 6.07) is 10.0. The number of anilines is 1. The van der Waals surface area contributed by atoms with Crippen molar-refractivity contribution in [2.24, 2.45) is 0 Å². The van der Waals surface area contributed by atoms with Crippen molar-refractivity contribution in [2.75, 3.05) is 37.8 Å². The molecule has 1 saturated heterocycles. The van der Waals surface area contributed by atoms with E-state index in [9.17, 15) is 4.79 Å². The van der Waals surface area contributed by atoms with Gasteiger partial charge in [-0.1, -0.05) is 18.2 Å². The number of rotatable bonds is 8. The molecule has 0 atom stereocenters.